The molecule has 1 aromatic heterocycles. The first kappa shape index (κ1) is 14.3. The number of nitrogen functional groups attached to an aromatic ring is 1. The van der Waals surface area contributed by atoms with Gasteiger partial charge in [0.1, 0.15) is 5.82 Å². The van der Waals surface area contributed by atoms with Crippen molar-refractivity contribution in [2.75, 3.05) is 11.1 Å². The summed E-state index contributed by atoms with van der Waals surface area (Å²) in [6, 6.07) is 8.16. The van der Waals surface area contributed by atoms with Crippen LogP contribution in [0.1, 0.15) is 11.1 Å². The number of nitrogens with one attached hydrogen (secondary N) is 1. The van der Waals surface area contributed by atoms with E-state index in [0.29, 0.717) is 18.1 Å². The van der Waals surface area contributed by atoms with Crippen molar-refractivity contribution in [1.82, 2.24) is 4.98 Å². The molecular weight excluding hydrogens is 276 g/mol. The van der Waals surface area contributed by atoms with E-state index in [9.17, 15) is 8.42 Å². The molecule has 0 aliphatic carbocycles. The average Bonchev–Trinajstić information content (AvgIpc) is 2.40. The van der Waals surface area contributed by atoms with Crippen LogP contribution in [0.4, 0.5) is 11.5 Å². The van der Waals surface area contributed by atoms with Crippen LogP contribution in [0.5, 0.6) is 0 Å². The molecule has 2 aromatic rings. The number of hydrogen-bond acceptors (Lipinski definition) is 5. The van der Waals surface area contributed by atoms with Crippen LogP contribution in [0.3, 0.4) is 0 Å². The SMILES string of the molecule is Cc1ccnc(NCc2ccc(S(N)(=O)=O)cc2)c1N. The molecule has 5 N–H and O–H groups in total. The number of rotatable bonds is 4. The Kier molecular flexibility index (Phi) is 3.91. The molecule has 1 heterocycles. The van der Waals surface area contributed by atoms with E-state index in [1.54, 1.807) is 18.3 Å². The number of aryl methyl sites for hydroxylation is 1. The summed E-state index contributed by atoms with van der Waals surface area (Å²) in [4.78, 5) is 4.25. The first-order valence-corrected chi connectivity index (χ1v) is 7.49. The molecule has 0 spiro atoms. The molecule has 7 heteroatoms. The zero-order valence-corrected chi connectivity index (χ0v) is 11.8. The minimum absolute atomic E-state index is 0.0921. The van der Waals surface area contributed by atoms with Gasteiger partial charge in [-0.15, -0.1) is 0 Å². The normalized spacial score (nSPS) is 11.3. The lowest BCUT2D eigenvalue weighted by Gasteiger charge is -2.10. The van der Waals surface area contributed by atoms with Crippen molar-refractivity contribution >= 4 is 21.5 Å². The Morgan fingerprint density at radius 3 is 2.45 bits per heavy atom. The summed E-state index contributed by atoms with van der Waals surface area (Å²) in [6.07, 6.45) is 1.68. The number of nitrogens with two attached hydrogens (primary N) is 2. The Balaban J connectivity index is 2.10. The molecular formula is C13H16N4O2S. The third-order valence-electron chi connectivity index (χ3n) is 2.92. The molecule has 0 aliphatic rings. The van der Waals surface area contributed by atoms with E-state index in [2.05, 4.69) is 10.3 Å². The number of aromatic nitrogens is 1. The second-order valence-corrected chi connectivity index (χ2v) is 5.99. The summed E-state index contributed by atoms with van der Waals surface area (Å²) < 4.78 is 22.3. The number of benzene rings is 1. The van der Waals surface area contributed by atoms with E-state index in [0.717, 1.165) is 11.1 Å². The highest BCUT2D eigenvalue weighted by molar-refractivity contribution is 7.89. The Hall–Kier alpha value is -2.12. The maximum absolute atomic E-state index is 11.1. The molecule has 0 saturated carbocycles. The van der Waals surface area contributed by atoms with Gasteiger partial charge in [0.25, 0.3) is 0 Å². The third-order valence-corrected chi connectivity index (χ3v) is 3.85. The summed E-state index contributed by atoms with van der Waals surface area (Å²) in [5.41, 5.74) is 8.37. The van der Waals surface area contributed by atoms with Crippen LogP contribution < -0.4 is 16.2 Å². The number of primary sulfonamides is 1. The average molecular weight is 292 g/mol. The van der Waals surface area contributed by atoms with Gasteiger partial charge in [-0.05, 0) is 36.2 Å². The summed E-state index contributed by atoms with van der Waals surface area (Å²) >= 11 is 0. The summed E-state index contributed by atoms with van der Waals surface area (Å²) in [6.45, 7) is 2.40. The molecule has 0 aliphatic heterocycles. The maximum Gasteiger partial charge on any atom is 0.238 e. The zero-order chi connectivity index (χ0) is 14.8. The molecule has 0 radical (unpaired) electrons. The van der Waals surface area contributed by atoms with E-state index in [1.165, 1.54) is 12.1 Å². The Morgan fingerprint density at radius 2 is 1.85 bits per heavy atom. The highest BCUT2D eigenvalue weighted by Gasteiger charge is 2.07. The first-order valence-electron chi connectivity index (χ1n) is 5.94. The molecule has 0 fully saturated rings. The van der Waals surface area contributed by atoms with Crippen LogP contribution in [0.25, 0.3) is 0 Å². The second-order valence-electron chi connectivity index (χ2n) is 4.43. The van der Waals surface area contributed by atoms with E-state index < -0.39 is 10.0 Å². The largest absolute Gasteiger partial charge is 0.396 e. The van der Waals surface area contributed by atoms with Crippen LogP contribution in [-0.4, -0.2) is 13.4 Å². The number of hydrogen-bond donors (Lipinski definition) is 3. The van der Waals surface area contributed by atoms with Gasteiger partial charge in [0.05, 0.1) is 10.6 Å². The van der Waals surface area contributed by atoms with E-state index in [4.69, 9.17) is 10.9 Å². The number of anilines is 2. The van der Waals surface area contributed by atoms with Crippen LogP contribution in [-0.2, 0) is 16.6 Å². The molecule has 1 aromatic carbocycles. The highest BCUT2D eigenvalue weighted by atomic mass is 32.2. The van der Waals surface area contributed by atoms with Crippen molar-refractivity contribution < 1.29 is 8.42 Å². The molecule has 6 nitrogen and oxygen atoms in total. The highest BCUT2D eigenvalue weighted by Crippen LogP contribution is 2.19. The van der Waals surface area contributed by atoms with Gasteiger partial charge in [0, 0.05) is 12.7 Å². The zero-order valence-electron chi connectivity index (χ0n) is 11.0. The topological polar surface area (TPSA) is 111 Å². The summed E-state index contributed by atoms with van der Waals surface area (Å²) in [5.74, 6) is 0.612. The van der Waals surface area contributed by atoms with E-state index >= 15 is 0 Å². The Bertz CT molecular complexity index is 712. The fourth-order valence-corrected chi connectivity index (χ4v) is 2.21. The Labute approximate surface area is 117 Å². The molecule has 0 bridgehead atoms. The molecule has 0 saturated heterocycles. The van der Waals surface area contributed by atoms with Crippen molar-refractivity contribution in [3.63, 3.8) is 0 Å². The minimum atomic E-state index is -3.65. The minimum Gasteiger partial charge on any atom is -0.396 e. The summed E-state index contributed by atoms with van der Waals surface area (Å²) in [5, 5.41) is 8.15. The predicted octanol–water partition coefficient (Wildman–Crippen LogP) is 1.23. The lowest BCUT2D eigenvalue weighted by molar-refractivity contribution is 0.598. The van der Waals surface area contributed by atoms with Crippen molar-refractivity contribution in [1.29, 1.82) is 0 Å². The monoisotopic (exact) mass is 292 g/mol. The van der Waals surface area contributed by atoms with Crippen LogP contribution in [0.15, 0.2) is 41.4 Å². The first-order chi connectivity index (χ1) is 9.38. The van der Waals surface area contributed by atoms with Crippen molar-refractivity contribution in [2.45, 2.75) is 18.4 Å². The van der Waals surface area contributed by atoms with Gasteiger partial charge in [-0.1, -0.05) is 12.1 Å². The molecule has 0 unspecified atom stereocenters. The molecule has 20 heavy (non-hydrogen) atoms. The van der Waals surface area contributed by atoms with Crippen molar-refractivity contribution in [2.24, 2.45) is 5.14 Å². The fraction of sp³-hybridized carbons (Fsp3) is 0.154. The van der Waals surface area contributed by atoms with Crippen molar-refractivity contribution in [3.05, 3.63) is 47.7 Å². The van der Waals surface area contributed by atoms with Gasteiger partial charge < -0.3 is 11.1 Å². The molecule has 2 rings (SSSR count). The quantitative estimate of drug-likeness (QED) is 0.785. The number of nitrogens with zero attached hydrogens (tertiary/aromatic N) is 1. The van der Waals surface area contributed by atoms with Crippen LogP contribution in [0, 0.1) is 6.92 Å². The maximum atomic E-state index is 11.1. The van der Waals surface area contributed by atoms with Crippen molar-refractivity contribution in [3.8, 4) is 0 Å². The van der Waals surface area contributed by atoms with Gasteiger partial charge in [-0.2, -0.15) is 0 Å². The lowest BCUT2D eigenvalue weighted by Crippen LogP contribution is -2.12. The molecule has 0 amide bonds. The van der Waals surface area contributed by atoms with E-state index in [1.807, 2.05) is 13.0 Å². The number of pyridine rings is 1. The van der Waals surface area contributed by atoms with Crippen LogP contribution in [0.2, 0.25) is 0 Å². The van der Waals surface area contributed by atoms with Gasteiger partial charge in [0.2, 0.25) is 10.0 Å². The number of sulfonamides is 1. The summed E-state index contributed by atoms with van der Waals surface area (Å²) in [7, 11) is -3.65. The van der Waals surface area contributed by atoms with Gasteiger partial charge in [-0.3, -0.25) is 0 Å². The van der Waals surface area contributed by atoms with E-state index in [-0.39, 0.29) is 4.90 Å². The third kappa shape index (κ3) is 3.25. The van der Waals surface area contributed by atoms with Gasteiger partial charge in [0.15, 0.2) is 0 Å². The lowest BCUT2D eigenvalue weighted by atomic mass is 10.2. The fourth-order valence-electron chi connectivity index (χ4n) is 1.69. The Morgan fingerprint density at radius 1 is 1.20 bits per heavy atom. The van der Waals surface area contributed by atoms with Crippen LogP contribution >= 0.6 is 0 Å². The smallest absolute Gasteiger partial charge is 0.238 e. The standard InChI is InChI=1S/C13H16N4O2S/c1-9-6-7-16-13(12(9)14)17-8-10-2-4-11(5-3-10)20(15,18)19/h2-7H,8,14H2,1H3,(H,16,17)(H2,15,18,19). The van der Waals surface area contributed by atoms with Gasteiger partial charge >= 0.3 is 0 Å². The predicted molar refractivity (Wildman–Crippen MR) is 78.5 cm³/mol. The van der Waals surface area contributed by atoms with Gasteiger partial charge in [-0.25, -0.2) is 18.5 Å². The molecule has 106 valence electrons. The second kappa shape index (κ2) is 5.48. The molecule has 0 atom stereocenters.